The number of urea groups is 1. The summed E-state index contributed by atoms with van der Waals surface area (Å²) in [6, 6.07) is 9.87. The Morgan fingerprint density at radius 2 is 1.64 bits per heavy atom. The van der Waals surface area contributed by atoms with Crippen molar-refractivity contribution in [3.63, 3.8) is 0 Å². The van der Waals surface area contributed by atoms with Crippen LogP contribution in [0.5, 0.6) is 0 Å². The van der Waals surface area contributed by atoms with E-state index in [1.165, 1.54) is 4.90 Å². The molecule has 3 aliphatic heterocycles. The van der Waals surface area contributed by atoms with Gasteiger partial charge in [0, 0.05) is 51.0 Å². The number of alkyl halides is 2. The first kappa shape index (κ1) is 29.7. The fraction of sp³-hybridized carbons (Fsp3) is 0.690. The minimum absolute atomic E-state index is 0. The number of nitrogens with one attached hydrogen (secondary N) is 1. The number of carbonyl (C=O) groups excluding carboxylic acids is 3. The zero-order valence-electron chi connectivity index (χ0n) is 22.9. The summed E-state index contributed by atoms with van der Waals surface area (Å²) in [7, 11) is 1.59. The molecule has 3 heterocycles. The van der Waals surface area contributed by atoms with E-state index in [1.807, 2.05) is 42.2 Å². The number of amides is 4. The van der Waals surface area contributed by atoms with Crippen molar-refractivity contribution >= 4 is 30.3 Å². The summed E-state index contributed by atoms with van der Waals surface area (Å²) in [4.78, 5) is 44.9. The Hall–Kier alpha value is -2.26. The highest BCUT2D eigenvalue weighted by Gasteiger charge is 2.61. The number of hydrogen-bond donors (Lipinski definition) is 1. The predicted octanol–water partition coefficient (Wildman–Crippen LogP) is 5.15. The first-order valence-electron chi connectivity index (χ1n) is 14.2. The molecule has 2 unspecified atom stereocenters. The van der Waals surface area contributed by atoms with Gasteiger partial charge in [0.25, 0.3) is 5.91 Å². The second-order valence-electron chi connectivity index (χ2n) is 11.8. The van der Waals surface area contributed by atoms with Gasteiger partial charge >= 0.3 is 6.03 Å². The Bertz CT molecular complexity index is 1030. The van der Waals surface area contributed by atoms with Gasteiger partial charge in [-0.1, -0.05) is 37.3 Å². The van der Waals surface area contributed by atoms with Crippen molar-refractivity contribution in [2.45, 2.75) is 101 Å². The number of nitrogens with zero attached hydrogens (tertiary/aromatic N) is 3. The Morgan fingerprint density at radius 1 is 1.03 bits per heavy atom. The molecule has 1 aromatic rings. The number of carbonyl (C=O) groups is 3. The van der Waals surface area contributed by atoms with Crippen LogP contribution in [0.1, 0.15) is 82.7 Å². The largest absolute Gasteiger partial charge is 0.349 e. The molecule has 1 aliphatic carbocycles. The molecular weight excluding hydrogens is 526 g/mol. The fourth-order valence-corrected chi connectivity index (χ4v) is 7.37. The van der Waals surface area contributed by atoms with Crippen LogP contribution >= 0.6 is 12.4 Å². The van der Waals surface area contributed by atoms with Crippen molar-refractivity contribution in [3.8, 4) is 0 Å². The van der Waals surface area contributed by atoms with Gasteiger partial charge in [0.1, 0.15) is 5.54 Å². The average molecular weight is 567 g/mol. The molecule has 4 amide bonds. The van der Waals surface area contributed by atoms with E-state index in [0.29, 0.717) is 25.8 Å². The maximum atomic E-state index is 13.6. The number of benzene rings is 1. The highest BCUT2D eigenvalue weighted by atomic mass is 35.5. The Balaban J connectivity index is 0.00000353. The van der Waals surface area contributed by atoms with E-state index in [1.54, 1.807) is 7.05 Å². The first-order chi connectivity index (χ1) is 18.1. The summed E-state index contributed by atoms with van der Waals surface area (Å²) < 4.78 is 27.3. The number of hydrogen-bond acceptors (Lipinski definition) is 4. The quantitative estimate of drug-likeness (QED) is 0.442. The SMILES string of the molecule is CCCN1C(=O)N(C)C(=O)C12CC1CCC(C2)N1CC[C@H](NC(=O)C1CCC(F)(F)CC1)c1ccccc1.Cl. The predicted molar refractivity (Wildman–Crippen MR) is 147 cm³/mol. The minimum Gasteiger partial charge on any atom is -0.349 e. The van der Waals surface area contributed by atoms with Gasteiger partial charge in [-0.15, -0.1) is 12.4 Å². The number of fused-ring (bicyclic) bond motifs is 2. The summed E-state index contributed by atoms with van der Waals surface area (Å²) >= 11 is 0. The molecular formula is C29H41ClF2N4O3. The monoisotopic (exact) mass is 566 g/mol. The molecule has 1 saturated carbocycles. The van der Waals surface area contributed by atoms with Crippen LogP contribution in [0.3, 0.4) is 0 Å². The number of imide groups is 1. The van der Waals surface area contributed by atoms with Gasteiger partial charge in [0.05, 0.1) is 6.04 Å². The van der Waals surface area contributed by atoms with Crippen molar-refractivity contribution in [1.82, 2.24) is 20.0 Å². The van der Waals surface area contributed by atoms with Crippen LogP contribution in [0.4, 0.5) is 13.6 Å². The second-order valence-corrected chi connectivity index (χ2v) is 11.8. The third-order valence-electron chi connectivity index (χ3n) is 9.38. The highest BCUT2D eigenvalue weighted by molar-refractivity contribution is 6.07. The normalized spacial score (nSPS) is 29.5. The van der Waals surface area contributed by atoms with Crippen molar-refractivity contribution in [2.75, 3.05) is 20.1 Å². The van der Waals surface area contributed by atoms with E-state index >= 15 is 0 Å². The molecule has 0 aromatic heterocycles. The summed E-state index contributed by atoms with van der Waals surface area (Å²) in [6.07, 6.45) is 4.77. The van der Waals surface area contributed by atoms with E-state index in [4.69, 9.17) is 0 Å². The molecule has 5 rings (SSSR count). The van der Waals surface area contributed by atoms with E-state index in [9.17, 15) is 23.2 Å². The lowest BCUT2D eigenvalue weighted by molar-refractivity contribution is -0.136. The molecule has 7 nitrogen and oxygen atoms in total. The average Bonchev–Trinajstić information content (AvgIpc) is 3.24. The lowest BCUT2D eigenvalue weighted by Crippen LogP contribution is -2.60. The molecule has 1 spiro atoms. The van der Waals surface area contributed by atoms with Crippen LogP contribution < -0.4 is 5.32 Å². The molecule has 4 aliphatic rings. The standard InChI is InChI=1S/C29H40F2N4O3.ClH/c1-3-16-35-27(38)33(2)26(37)28(35)18-22-9-10-23(19-28)34(22)17-13-24(20-7-5-4-6-8-20)32-25(36)21-11-14-29(30,31)15-12-21;/h4-8,21-24H,3,9-19H2,1-2H3,(H,32,36);1H/t22?,23?,24-,28?;/m0./s1. The Morgan fingerprint density at radius 3 is 2.23 bits per heavy atom. The maximum absolute atomic E-state index is 13.6. The fourth-order valence-electron chi connectivity index (χ4n) is 7.37. The number of rotatable bonds is 8. The van der Waals surface area contributed by atoms with Gasteiger partial charge in [-0.25, -0.2) is 13.6 Å². The van der Waals surface area contributed by atoms with Crippen molar-refractivity contribution in [1.29, 1.82) is 0 Å². The van der Waals surface area contributed by atoms with Crippen LogP contribution in [0.2, 0.25) is 0 Å². The summed E-state index contributed by atoms with van der Waals surface area (Å²) in [5, 5.41) is 3.19. The summed E-state index contributed by atoms with van der Waals surface area (Å²) in [5.41, 5.74) is 0.274. The van der Waals surface area contributed by atoms with E-state index in [-0.39, 0.29) is 80.0 Å². The molecule has 39 heavy (non-hydrogen) atoms. The lowest BCUT2D eigenvalue weighted by Gasteiger charge is -2.47. The summed E-state index contributed by atoms with van der Waals surface area (Å²) in [5.74, 6) is -3.24. The van der Waals surface area contributed by atoms with Crippen LogP contribution in [-0.4, -0.2) is 76.2 Å². The molecule has 216 valence electrons. The molecule has 4 fully saturated rings. The topological polar surface area (TPSA) is 73.0 Å². The maximum Gasteiger partial charge on any atom is 0.327 e. The highest BCUT2D eigenvalue weighted by Crippen LogP contribution is 2.47. The number of halogens is 3. The van der Waals surface area contributed by atoms with E-state index in [0.717, 1.165) is 31.4 Å². The molecule has 2 bridgehead atoms. The Kier molecular flexibility index (Phi) is 8.91. The number of piperidine rings is 1. The molecule has 1 aromatic carbocycles. The smallest absolute Gasteiger partial charge is 0.327 e. The number of likely N-dealkylation sites (N-methyl/N-ethyl adjacent to an activating group) is 1. The van der Waals surface area contributed by atoms with Crippen LogP contribution in [0, 0.1) is 5.92 Å². The zero-order chi connectivity index (χ0) is 27.1. The van der Waals surface area contributed by atoms with Crippen LogP contribution in [0.15, 0.2) is 30.3 Å². The van der Waals surface area contributed by atoms with Gasteiger partial charge in [-0.05, 0) is 56.9 Å². The summed E-state index contributed by atoms with van der Waals surface area (Å²) in [6.45, 7) is 3.38. The molecule has 3 atom stereocenters. The van der Waals surface area contributed by atoms with E-state index < -0.39 is 11.5 Å². The molecule has 3 saturated heterocycles. The molecule has 0 radical (unpaired) electrons. The third kappa shape index (κ3) is 5.67. The molecule has 1 N–H and O–H groups in total. The molecule has 10 heteroatoms. The second kappa shape index (κ2) is 11.7. The third-order valence-corrected chi connectivity index (χ3v) is 9.38. The van der Waals surface area contributed by atoms with Gasteiger partial charge < -0.3 is 10.2 Å². The van der Waals surface area contributed by atoms with E-state index in [2.05, 4.69) is 10.2 Å². The Labute approximate surface area is 236 Å². The van der Waals surface area contributed by atoms with Gasteiger partial charge in [0.2, 0.25) is 11.8 Å². The van der Waals surface area contributed by atoms with Crippen molar-refractivity contribution in [2.24, 2.45) is 5.92 Å². The van der Waals surface area contributed by atoms with Gasteiger partial charge in [-0.3, -0.25) is 19.4 Å². The van der Waals surface area contributed by atoms with Crippen LogP contribution in [-0.2, 0) is 9.59 Å². The van der Waals surface area contributed by atoms with Crippen molar-refractivity contribution < 1.29 is 23.2 Å². The minimum atomic E-state index is -2.66. The lowest BCUT2D eigenvalue weighted by atomic mass is 9.81. The van der Waals surface area contributed by atoms with Gasteiger partial charge in [0.15, 0.2) is 0 Å². The first-order valence-corrected chi connectivity index (χ1v) is 14.2. The zero-order valence-corrected chi connectivity index (χ0v) is 23.7. The van der Waals surface area contributed by atoms with Gasteiger partial charge in [-0.2, -0.15) is 0 Å². The van der Waals surface area contributed by atoms with Crippen molar-refractivity contribution in [3.05, 3.63) is 35.9 Å². The van der Waals surface area contributed by atoms with Crippen LogP contribution in [0.25, 0.3) is 0 Å².